The van der Waals surface area contributed by atoms with Gasteiger partial charge in [-0.15, -0.1) is 0 Å². The normalized spacial score (nSPS) is 12.2. The van der Waals surface area contributed by atoms with E-state index in [1.165, 1.54) is 18.2 Å². The van der Waals surface area contributed by atoms with Crippen molar-refractivity contribution in [2.45, 2.75) is 19.8 Å². The third kappa shape index (κ3) is 4.71. The number of hydrogen-bond donors (Lipinski definition) is 2. The maximum Gasteiger partial charge on any atom is 0.227 e. The maximum atomic E-state index is 13.0. The number of hydrogen-bond acceptors (Lipinski definition) is 2. The van der Waals surface area contributed by atoms with Gasteiger partial charge in [0.15, 0.2) is 0 Å². The first kappa shape index (κ1) is 13.9. The molecular formula is C12H16ClFN2O. The van der Waals surface area contributed by atoms with Crippen LogP contribution in [-0.4, -0.2) is 12.5 Å². The van der Waals surface area contributed by atoms with Crippen molar-refractivity contribution in [3.63, 3.8) is 0 Å². The Kier molecular flexibility index (Phi) is 5.38. The molecule has 3 N–H and O–H groups in total. The predicted molar refractivity (Wildman–Crippen MR) is 67.5 cm³/mol. The topological polar surface area (TPSA) is 55.1 Å². The quantitative estimate of drug-likeness (QED) is 0.853. The van der Waals surface area contributed by atoms with Gasteiger partial charge in [-0.25, -0.2) is 4.39 Å². The average Bonchev–Trinajstić information content (AvgIpc) is 2.24. The monoisotopic (exact) mass is 258 g/mol. The Morgan fingerprint density at radius 3 is 2.82 bits per heavy atom. The van der Waals surface area contributed by atoms with E-state index < -0.39 is 5.82 Å². The lowest BCUT2D eigenvalue weighted by Gasteiger charge is -2.11. The van der Waals surface area contributed by atoms with E-state index in [-0.39, 0.29) is 16.8 Å². The molecule has 0 aliphatic carbocycles. The van der Waals surface area contributed by atoms with E-state index in [1.807, 2.05) is 6.92 Å². The molecule has 1 amide bonds. The number of nitrogens with two attached hydrogens (primary N) is 1. The molecule has 0 heterocycles. The molecule has 0 saturated carbocycles. The molecule has 0 fully saturated rings. The Hall–Kier alpha value is -1.13. The van der Waals surface area contributed by atoms with E-state index in [1.54, 1.807) is 0 Å². The minimum atomic E-state index is -0.470. The SMILES string of the molecule is CC(CCCN)C(=O)Nc1cc(F)cc(Cl)c1. The van der Waals surface area contributed by atoms with E-state index in [4.69, 9.17) is 17.3 Å². The Morgan fingerprint density at radius 1 is 1.53 bits per heavy atom. The number of nitrogens with one attached hydrogen (secondary N) is 1. The molecule has 5 heteroatoms. The van der Waals surface area contributed by atoms with Gasteiger partial charge in [0.25, 0.3) is 0 Å². The lowest BCUT2D eigenvalue weighted by molar-refractivity contribution is -0.119. The molecule has 1 aromatic carbocycles. The first-order chi connectivity index (χ1) is 8.02. The summed E-state index contributed by atoms with van der Waals surface area (Å²) in [6.45, 7) is 2.37. The summed E-state index contributed by atoms with van der Waals surface area (Å²) in [7, 11) is 0. The smallest absolute Gasteiger partial charge is 0.227 e. The second-order valence-corrected chi connectivity index (χ2v) is 4.42. The van der Waals surface area contributed by atoms with E-state index >= 15 is 0 Å². The molecular weight excluding hydrogens is 243 g/mol. The molecule has 94 valence electrons. The molecule has 0 spiro atoms. The first-order valence-corrected chi connectivity index (χ1v) is 5.87. The van der Waals surface area contributed by atoms with Crippen molar-refractivity contribution in [1.82, 2.24) is 0 Å². The van der Waals surface area contributed by atoms with Gasteiger partial charge in [-0.05, 0) is 37.6 Å². The number of rotatable bonds is 5. The maximum absolute atomic E-state index is 13.0. The Morgan fingerprint density at radius 2 is 2.24 bits per heavy atom. The largest absolute Gasteiger partial charge is 0.330 e. The van der Waals surface area contributed by atoms with Crippen molar-refractivity contribution < 1.29 is 9.18 Å². The minimum Gasteiger partial charge on any atom is -0.330 e. The third-order valence-corrected chi connectivity index (χ3v) is 2.64. The summed E-state index contributed by atoms with van der Waals surface area (Å²) in [6, 6.07) is 3.94. The number of carbonyl (C=O) groups excluding carboxylic acids is 1. The second-order valence-electron chi connectivity index (χ2n) is 3.98. The summed E-state index contributed by atoms with van der Waals surface area (Å²) < 4.78 is 13.0. The van der Waals surface area contributed by atoms with Crippen LogP contribution in [0, 0.1) is 11.7 Å². The summed E-state index contributed by atoms with van der Waals surface area (Å²) in [4.78, 5) is 11.7. The minimum absolute atomic E-state index is 0.152. The van der Waals surface area contributed by atoms with Gasteiger partial charge in [-0.3, -0.25) is 4.79 Å². The van der Waals surface area contributed by atoms with E-state index in [0.717, 1.165) is 6.42 Å². The molecule has 0 bridgehead atoms. The van der Waals surface area contributed by atoms with Crippen LogP contribution in [0.15, 0.2) is 18.2 Å². The lowest BCUT2D eigenvalue weighted by Crippen LogP contribution is -2.21. The predicted octanol–water partition coefficient (Wildman–Crippen LogP) is 2.79. The first-order valence-electron chi connectivity index (χ1n) is 5.50. The van der Waals surface area contributed by atoms with Gasteiger partial charge < -0.3 is 11.1 Å². The summed E-state index contributed by atoms with van der Waals surface area (Å²) in [6.07, 6.45) is 1.50. The Balaban J connectivity index is 2.61. The molecule has 1 atom stereocenters. The van der Waals surface area contributed by atoms with Crippen LogP contribution in [0.5, 0.6) is 0 Å². The van der Waals surface area contributed by atoms with Gasteiger partial charge in [-0.2, -0.15) is 0 Å². The zero-order chi connectivity index (χ0) is 12.8. The fraction of sp³-hybridized carbons (Fsp3) is 0.417. The van der Waals surface area contributed by atoms with Crippen LogP contribution in [-0.2, 0) is 4.79 Å². The van der Waals surface area contributed by atoms with Gasteiger partial charge in [-0.1, -0.05) is 18.5 Å². The van der Waals surface area contributed by atoms with Crippen LogP contribution in [0.4, 0.5) is 10.1 Å². The van der Waals surface area contributed by atoms with Gasteiger partial charge in [0.2, 0.25) is 5.91 Å². The molecule has 1 unspecified atom stereocenters. The highest BCUT2D eigenvalue weighted by Crippen LogP contribution is 2.19. The Labute approximate surface area is 105 Å². The van der Waals surface area contributed by atoms with Crippen LogP contribution in [0.3, 0.4) is 0 Å². The van der Waals surface area contributed by atoms with Crippen molar-refractivity contribution in [2.75, 3.05) is 11.9 Å². The fourth-order valence-corrected chi connectivity index (χ4v) is 1.67. The zero-order valence-electron chi connectivity index (χ0n) is 9.67. The molecule has 0 aliphatic rings. The third-order valence-electron chi connectivity index (χ3n) is 2.42. The molecule has 1 aromatic rings. The van der Waals surface area contributed by atoms with E-state index in [0.29, 0.717) is 18.7 Å². The van der Waals surface area contributed by atoms with Gasteiger partial charge in [0.1, 0.15) is 5.82 Å². The van der Waals surface area contributed by atoms with Gasteiger partial charge in [0.05, 0.1) is 0 Å². The van der Waals surface area contributed by atoms with Crippen LogP contribution >= 0.6 is 11.6 Å². The number of anilines is 1. The molecule has 0 aliphatic heterocycles. The molecule has 0 saturated heterocycles. The number of amides is 1. The van der Waals surface area contributed by atoms with Crippen molar-refractivity contribution >= 4 is 23.2 Å². The van der Waals surface area contributed by atoms with Crippen molar-refractivity contribution in [1.29, 1.82) is 0 Å². The zero-order valence-corrected chi connectivity index (χ0v) is 10.4. The number of halogens is 2. The standard InChI is InChI=1S/C12H16ClFN2O/c1-8(3-2-4-15)12(17)16-11-6-9(13)5-10(14)7-11/h5-8H,2-4,15H2,1H3,(H,16,17). The van der Waals surface area contributed by atoms with Gasteiger partial charge in [0, 0.05) is 16.6 Å². The van der Waals surface area contributed by atoms with Crippen LogP contribution < -0.4 is 11.1 Å². The van der Waals surface area contributed by atoms with Crippen LogP contribution in [0.1, 0.15) is 19.8 Å². The summed E-state index contributed by atoms with van der Waals surface area (Å²) in [5.74, 6) is -0.775. The summed E-state index contributed by atoms with van der Waals surface area (Å²) in [5, 5.41) is 2.89. The Bertz CT molecular complexity index is 378. The van der Waals surface area contributed by atoms with E-state index in [9.17, 15) is 9.18 Å². The molecule has 1 rings (SSSR count). The average molecular weight is 259 g/mol. The molecule has 3 nitrogen and oxygen atoms in total. The van der Waals surface area contributed by atoms with Crippen LogP contribution in [0.25, 0.3) is 0 Å². The van der Waals surface area contributed by atoms with E-state index in [2.05, 4.69) is 5.32 Å². The highest BCUT2D eigenvalue weighted by molar-refractivity contribution is 6.30. The van der Waals surface area contributed by atoms with Crippen LogP contribution in [0.2, 0.25) is 5.02 Å². The number of carbonyl (C=O) groups is 1. The van der Waals surface area contributed by atoms with Crippen molar-refractivity contribution in [2.24, 2.45) is 11.7 Å². The second kappa shape index (κ2) is 6.57. The lowest BCUT2D eigenvalue weighted by atomic mass is 10.0. The highest BCUT2D eigenvalue weighted by atomic mass is 35.5. The molecule has 0 radical (unpaired) electrons. The fourth-order valence-electron chi connectivity index (χ4n) is 1.45. The van der Waals surface area contributed by atoms with Crippen molar-refractivity contribution in [3.05, 3.63) is 29.0 Å². The molecule has 17 heavy (non-hydrogen) atoms. The summed E-state index contributed by atoms with van der Waals surface area (Å²) in [5.41, 5.74) is 5.75. The highest BCUT2D eigenvalue weighted by Gasteiger charge is 2.12. The molecule has 0 aromatic heterocycles. The number of benzene rings is 1. The summed E-state index contributed by atoms with van der Waals surface area (Å²) >= 11 is 5.69. The van der Waals surface area contributed by atoms with Crippen molar-refractivity contribution in [3.8, 4) is 0 Å². The van der Waals surface area contributed by atoms with Gasteiger partial charge >= 0.3 is 0 Å².